The Morgan fingerprint density at radius 2 is 2.03 bits per heavy atom. The number of fused-ring (bicyclic) bond motifs is 1. The molecule has 1 aromatic carbocycles. The van der Waals surface area contributed by atoms with Crippen LogP contribution in [0.4, 0.5) is 0 Å². The van der Waals surface area contributed by atoms with Crippen LogP contribution in [-0.4, -0.2) is 61.1 Å². The summed E-state index contributed by atoms with van der Waals surface area (Å²) >= 11 is 0. The number of carbonyl (C=O) groups excluding carboxylic acids is 3. The summed E-state index contributed by atoms with van der Waals surface area (Å²) in [5.41, 5.74) is -0.250. The topological polar surface area (TPSA) is 97.0 Å². The second-order valence-electron chi connectivity index (χ2n) is 7.66. The first-order valence-electron chi connectivity index (χ1n) is 9.87. The molecule has 30 heavy (non-hydrogen) atoms. The van der Waals surface area contributed by atoms with Gasteiger partial charge >= 0.3 is 0 Å². The van der Waals surface area contributed by atoms with Crippen molar-refractivity contribution in [1.82, 2.24) is 15.5 Å². The lowest BCUT2D eigenvalue weighted by Gasteiger charge is -2.31. The van der Waals surface area contributed by atoms with Gasteiger partial charge in [-0.05, 0) is 17.7 Å². The highest BCUT2D eigenvalue weighted by Gasteiger charge is 2.72. The molecule has 2 bridgehead atoms. The third-order valence-corrected chi connectivity index (χ3v) is 6.12. The van der Waals surface area contributed by atoms with Gasteiger partial charge in [0.25, 0.3) is 0 Å². The molecule has 0 aromatic heterocycles. The van der Waals surface area contributed by atoms with Crippen LogP contribution in [0.25, 0.3) is 0 Å². The molecule has 2 saturated heterocycles. The molecule has 8 nitrogen and oxygen atoms in total. The number of carbonyl (C=O) groups is 3. The van der Waals surface area contributed by atoms with E-state index < -0.39 is 29.6 Å². The van der Waals surface area contributed by atoms with Crippen molar-refractivity contribution in [2.45, 2.75) is 24.3 Å². The molecule has 3 heterocycles. The molecule has 0 radical (unpaired) electrons. The number of likely N-dealkylation sites (tertiary alicyclic amines) is 1. The summed E-state index contributed by atoms with van der Waals surface area (Å²) in [6.07, 6.45) is 4.62. The Kier molecular flexibility index (Phi) is 5.11. The molecule has 5 atom stereocenters. The fraction of sp³-hybridized carbons (Fsp3) is 0.409. The average Bonchev–Trinajstić information content (AvgIpc) is 3.40. The quantitative estimate of drug-likeness (QED) is 0.633. The molecular weight excluding hydrogens is 386 g/mol. The normalized spacial score (nSPS) is 30.9. The maximum Gasteiger partial charge on any atom is 0.246 e. The zero-order valence-corrected chi connectivity index (χ0v) is 17.0. The first kappa shape index (κ1) is 20.2. The Morgan fingerprint density at radius 3 is 2.67 bits per heavy atom. The fourth-order valence-electron chi connectivity index (χ4n) is 4.80. The van der Waals surface area contributed by atoms with Gasteiger partial charge in [0.1, 0.15) is 17.4 Å². The van der Waals surface area contributed by atoms with E-state index in [1.54, 1.807) is 25.3 Å². The van der Waals surface area contributed by atoms with Crippen LogP contribution < -0.4 is 15.4 Å². The molecule has 3 aliphatic heterocycles. The van der Waals surface area contributed by atoms with E-state index in [0.717, 1.165) is 11.3 Å². The van der Waals surface area contributed by atoms with Crippen LogP contribution in [-0.2, 0) is 25.7 Å². The minimum absolute atomic E-state index is 0.194. The predicted molar refractivity (Wildman–Crippen MR) is 108 cm³/mol. The number of nitrogens with one attached hydrogen (secondary N) is 2. The van der Waals surface area contributed by atoms with Gasteiger partial charge in [-0.15, -0.1) is 6.58 Å². The number of amides is 3. The van der Waals surface area contributed by atoms with Gasteiger partial charge in [-0.25, -0.2) is 0 Å². The molecule has 3 amide bonds. The average molecular weight is 411 g/mol. The molecule has 0 saturated carbocycles. The predicted octanol–water partition coefficient (Wildman–Crippen LogP) is 0.394. The lowest BCUT2D eigenvalue weighted by atomic mass is 9.74. The molecule has 4 rings (SSSR count). The molecule has 2 fully saturated rings. The highest BCUT2D eigenvalue weighted by Crippen LogP contribution is 2.54. The number of ether oxygens (including phenoxy) is 2. The minimum Gasteiger partial charge on any atom is -0.497 e. The minimum atomic E-state index is -1.15. The SMILES string of the molecule is C=CCN1C(=O)[C@@H]2[C@@H](C(=O)NC)[C@@H]3C=C[C@@]2(O3)[C@H]1C(=O)NCc1ccc(OC)cc1. The zero-order chi connectivity index (χ0) is 21.5. The lowest BCUT2D eigenvalue weighted by Crippen LogP contribution is -2.54. The van der Waals surface area contributed by atoms with Crippen LogP contribution in [0.1, 0.15) is 5.56 Å². The zero-order valence-electron chi connectivity index (χ0n) is 17.0. The summed E-state index contributed by atoms with van der Waals surface area (Å²) in [7, 11) is 3.12. The summed E-state index contributed by atoms with van der Waals surface area (Å²) < 4.78 is 11.3. The number of benzene rings is 1. The number of rotatable bonds is 7. The number of hydrogen-bond donors (Lipinski definition) is 2. The Labute approximate surface area is 174 Å². The molecule has 2 N–H and O–H groups in total. The second kappa shape index (κ2) is 7.60. The van der Waals surface area contributed by atoms with Gasteiger partial charge < -0.3 is 25.0 Å². The Bertz CT molecular complexity index is 912. The Hall–Kier alpha value is -3.13. The highest BCUT2D eigenvalue weighted by molar-refractivity contribution is 5.99. The number of methoxy groups -OCH3 is 1. The standard InChI is InChI=1S/C22H25N3O5/c1-4-11-25-18(20(27)24-12-13-5-7-14(29-3)8-6-13)22-10-9-15(30-22)16(19(26)23-2)17(22)21(25)28/h4-10,15-18H,1,11-12H2,2-3H3,(H,23,26)(H,24,27)/t15-,16-,17-,18+,22-/m0/s1. The van der Waals surface area contributed by atoms with E-state index in [1.807, 2.05) is 24.3 Å². The van der Waals surface area contributed by atoms with Crippen molar-refractivity contribution in [3.05, 3.63) is 54.6 Å². The summed E-state index contributed by atoms with van der Waals surface area (Å²) in [5.74, 6) is -1.51. The summed E-state index contributed by atoms with van der Waals surface area (Å²) in [5, 5.41) is 5.53. The summed E-state index contributed by atoms with van der Waals surface area (Å²) in [4.78, 5) is 40.4. The smallest absolute Gasteiger partial charge is 0.246 e. The largest absolute Gasteiger partial charge is 0.497 e. The van der Waals surface area contributed by atoms with Crippen LogP contribution >= 0.6 is 0 Å². The third-order valence-electron chi connectivity index (χ3n) is 6.12. The summed E-state index contributed by atoms with van der Waals surface area (Å²) in [6.45, 7) is 4.20. The van der Waals surface area contributed by atoms with Crippen LogP contribution in [0, 0.1) is 11.8 Å². The first-order valence-corrected chi connectivity index (χ1v) is 9.87. The van der Waals surface area contributed by atoms with Crippen molar-refractivity contribution in [2.75, 3.05) is 20.7 Å². The van der Waals surface area contributed by atoms with E-state index in [4.69, 9.17) is 9.47 Å². The van der Waals surface area contributed by atoms with E-state index in [2.05, 4.69) is 17.2 Å². The molecule has 0 aliphatic carbocycles. The van der Waals surface area contributed by atoms with Crippen molar-refractivity contribution in [1.29, 1.82) is 0 Å². The van der Waals surface area contributed by atoms with Crippen LogP contribution in [0.3, 0.4) is 0 Å². The molecule has 158 valence electrons. The van der Waals surface area contributed by atoms with Crippen LogP contribution in [0.15, 0.2) is 49.1 Å². The van der Waals surface area contributed by atoms with Crippen LogP contribution in [0.5, 0.6) is 5.75 Å². The molecule has 1 spiro atoms. The van der Waals surface area contributed by atoms with Crippen molar-refractivity contribution >= 4 is 17.7 Å². The second-order valence-corrected chi connectivity index (χ2v) is 7.66. The monoisotopic (exact) mass is 411 g/mol. The maximum atomic E-state index is 13.3. The van der Waals surface area contributed by atoms with E-state index in [-0.39, 0.29) is 24.3 Å². The van der Waals surface area contributed by atoms with Crippen molar-refractivity contribution < 1.29 is 23.9 Å². The van der Waals surface area contributed by atoms with Gasteiger partial charge in [-0.1, -0.05) is 30.4 Å². The third kappa shape index (κ3) is 2.90. The van der Waals surface area contributed by atoms with E-state index >= 15 is 0 Å². The molecule has 1 aromatic rings. The van der Waals surface area contributed by atoms with E-state index in [0.29, 0.717) is 6.54 Å². The molecular formula is C22H25N3O5. The van der Waals surface area contributed by atoms with Crippen molar-refractivity contribution in [3.8, 4) is 5.75 Å². The molecule has 0 unspecified atom stereocenters. The van der Waals surface area contributed by atoms with Gasteiger partial charge in [-0.2, -0.15) is 0 Å². The Morgan fingerprint density at radius 1 is 1.30 bits per heavy atom. The lowest BCUT2D eigenvalue weighted by molar-refractivity contribution is -0.141. The van der Waals surface area contributed by atoms with Gasteiger partial charge in [0.05, 0.1) is 25.0 Å². The summed E-state index contributed by atoms with van der Waals surface area (Å²) in [6, 6.07) is 6.48. The Balaban J connectivity index is 1.59. The fourth-order valence-corrected chi connectivity index (χ4v) is 4.80. The van der Waals surface area contributed by atoms with Gasteiger partial charge in [0.15, 0.2) is 0 Å². The molecule has 3 aliphatic rings. The molecule has 8 heteroatoms. The van der Waals surface area contributed by atoms with Crippen molar-refractivity contribution in [2.24, 2.45) is 11.8 Å². The van der Waals surface area contributed by atoms with E-state index in [9.17, 15) is 14.4 Å². The highest BCUT2D eigenvalue weighted by atomic mass is 16.5. The van der Waals surface area contributed by atoms with Crippen molar-refractivity contribution in [3.63, 3.8) is 0 Å². The van der Waals surface area contributed by atoms with Gasteiger partial charge in [0.2, 0.25) is 17.7 Å². The van der Waals surface area contributed by atoms with Gasteiger partial charge in [0, 0.05) is 20.1 Å². The number of nitrogens with zero attached hydrogens (tertiary/aromatic N) is 1. The van der Waals surface area contributed by atoms with Gasteiger partial charge in [-0.3, -0.25) is 14.4 Å². The maximum absolute atomic E-state index is 13.3. The van der Waals surface area contributed by atoms with E-state index in [1.165, 1.54) is 11.9 Å². The first-order chi connectivity index (χ1) is 14.5. The van der Waals surface area contributed by atoms with Crippen LogP contribution in [0.2, 0.25) is 0 Å². The number of hydrogen-bond acceptors (Lipinski definition) is 5.